The zero-order chi connectivity index (χ0) is 26.4. The topological polar surface area (TPSA) is 193 Å². The number of pyridine rings is 1. The van der Waals surface area contributed by atoms with Crippen molar-refractivity contribution in [3.8, 4) is 34.3 Å². The lowest BCUT2D eigenvalue weighted by molar-refractivity contribution is -0.686. The molecule has 1 aliphatic heterocycles. The molecule has 0 bridgehead atoms. The van der Waals surface area contributed by atoms with Gasteiger partial charge in [-0.05, 0) is 48.1 Å². The van der Waals surface area contributed by atoms with Gasteiger partial charge >= 0.3 is 0 Å². The van der Waals surface area contributed by atoms with E-state index in [0.29, 0.717) is 30.9 Å². The number of methoxy groups -OCH3 is 2. The molecule has 0 amide bonds. The summed E-state index contributed by atoms with van der Waals surface area (Å²) in [6.45, 7) is 1.19. The fraction of sp³-hybridized carbons (Fsp3) is 0.320. The Bertz CT molecular complexity index is 1290. The van der Waals surface area contributed by atoms with Crippen molar-refractivity contribution in [1.29, 1.82) is 0 Å². The minimum atomic E-state index is -1.25. The Morgan fingerprint density at radius 2 is 1.89 bits per heavy atom. The molecule has 2 heterocycles. The van der Waals surface area contributed by atoms with Gasteiger partial charge in [0.1, 0.15) is 0 Å². The average Bonchev–Trinajstić information content (AvgIpc) is 2.85. The quantitative estimate of drug-likeness (QED) is 0.0973. The maximum atomic E-state index is 10.1. The number of rotatable bonds is 7. The van der Waals surface area contributed by atoms with Crippen molar-refractivity contribution in [2.24, 2.45) is 22.2 Å². The number of aliphatic imine (C=N–C) groups is 1. The van der Waals surface area contributed by atoms with Crippen molar-refractivity contribution in [3.05, 3.63) is 42.1 Å². The number of hydrogen-bond acceptors (Lipinski definition) is 8. The SMILES string of the molecule is COc1ccc2cc3[n+](cc2c1OC)CCc1cc(O)c(O)cc1-3.NC(N)=NCCCC(N)C(=O)[O-]. The number of carboxylic acids is 1. The van der Waals surface area contributed by atoms with E-state index in [9.17, 15) is 20.1 Å². The van der Waals surface area contributed by atoms with Crippen molar-refractivity contribution in [2.75, 3.05) is 20.8 Å². The number of aromatic nitrogens is 1. The summed E-state index contributed by atoms with van der Waals surface area (Å²) < 4.78 is 13.1. The molecule has 36 heavy (non-hydrogen) atoms. The second kappa shape index (κ2) is 11.5. The van der Waals surface area contributed by atoms with Gasteiger partial charge in [-0.25, -0.2) is 0 Å². The molecule has 0 aliphatic carbocycles. The van der Waals surface area contributed by atoms with E-state index in [0.717, 1.165) is 40.6 Å². The van der Waals surface area contributed by atoms with E-state index >= 15 is 0 Å². The molecule has 4 rings (SSSR count). The maximum Gasteiger partial charge on any atom is 0.213 e. The molecule has 0 saturated carbocycles. The zero-order valence-electron chi connectivity index (χ0n) is 20.2. The highest BCUT2D eigenvalue weighted by atomic mass is 16.5. The van der Waals surface area contributed by atoms with E-state index in [-0.39, 0.29) is 17.5 Å². The van der Waals surface area contributed by atoms with Crippen molar-refractivity contribution in [3.63, 3.8) is 0 Å². The van der Waals surface area contributed by atoms with E-state index in [1.165, 1.54) is 0 Å². The summed E-state index contributed by atoms with van der Waals surface area (Å²) >= 11 is 0. The van der Waals surface area contributed by atoms with E-state index in [2.05, 4.69) is 21.8 Å². The molecule has 3 aromatic rings. The first-order chi connectivity index (χ1) is 17.2. The number of carbonyl (C=O) groups excluding carboxylic acids is 1. The van der Waals surface area contributed by atoms with Gasteiger partial charge in [-0.2, -0.15) is 4.57 Å². The number of benzene rings is 2. The van der Waals surface area contributed by atoms with Crippen molar-refractivity contribution in [2.45, 2.75) is 31.8 Å². The molecule has 1 aromatic heterocycles. The molecule has 2 aromatic carbocycles. The number of nitrogens with zero attached hydrogens (tertiary/aromatic N) is 2. The summed E-state index contributed by atoms with van der Waals surface area (Å²) in [6.07, 6.45) is 3.70. The number of phenols is 2. The Labute approximate surface area is 208 Å². The van der Waals surface area contributed by atoms with Crippen LogP contribution in [0.15, 0.2) is 41.5 Å². The van der Waals surface area contributed by atoms with Crippen molar-refractivity contribution < 1.29 is 34.2 Å². The first-order valence-electron chi connectivity index (χ1n) is 11.3. The number of aliphatic carboxylic acids is 1. The molecule has 0 radical (unpaired) electrons. The lowest BCUT2D eigenvalue weighted by atomic mass is 9.95. The first kappa shape index (κ1) is 26.4. The Kier molecular flexibility index (Phi) is 8.38. The number of ether oxygens (including phenoxy) is 2. The number of hydrogen-bond donors (Lipinski definition) is 5. The lowest BCUT2D eigenvalue weighted by Crippen LogP contribution is -2.41. The van der Waals surface area contributed by atoms with Gasteiger partial charge < -0.3 is 46.8 Å². The zero-order valence-corrected chi connectivity index (χ0v) is 20.2. The van der Waals surface area contributed by atoms with E-state index in [4.69, 9.17) is 26.7 Å². The van der Waals surface area contributed by atoms with Gasteiger partial charge in [-0.1, -0.05) is 0 Å². The molecule has 8 N–H and O–H groups in total. The molecule has 0 fully saturated rings. The largest absolute Gasteiger partial charge is 0.548 e. The van der Waals surface area contributed by atoms with Crippen LogP contribution in [0.25, 0.3) is 22.0 Å². The first-order valence-corrected chi connectivity index (χ1v) is 11.3. The van der Waals surface area contributed by atoms with Crippen LogP contribution in [-0.2, 0) is 17.8 Å². The molecule has 192 valence electrons. The molecular formula is C25H31N5O6. The van der Waals surface area contributed by atoms with Gasteiger partial charge in [0.2, 0.25) is 5.69 Å². The Morgan fingerprint density at radius 3 is 2.53 bits per heavy atom. The van der Waals surface area contributed by atoms with Gasteiger partial charge in [-0.15, -0.1) is 0 Å². The Hall–Kier alpha value is -4.25. The van der Waals surface area contributed by atoms with Crippen LogP contribution in [0.2, 0.25) is 0 Å². The molecule has 0 spiro atoms. The summed E-state index contributed by atoms with van der Waals surface area (Å²) in [5.41, 5.74) is 18.2. The number of guanidine groups is 1. The molecule has 1 unspecified atom stereocenters. The third kappa shape index (κ3) is 5.87. The van der Waals surface area contributed by atoms with Gasteiger partial charge in [0.15, 0.2) is 41.7 Å². The summed E-state index contributed by atoms with van der Waals surface area (Å²) in [5, 5.41) is 31.7. The number of aryl methyl sites for hydroxylation is 2. The fourth-order valence-corrected chi connectivity index (χ4v) is 4.04. The van der Waals surface area contributed by atoms with Crippen LogP contribution in [0.5, 0.6) is 23.0 Å². The van der Waals surface area contributed by atoms with Crippen LogP contribution in [-0.4, -0.2) is 48.9 Å². The van der Waals surface area contributed by atoms with Crippen LogP contribution in [0.4, 0.5) is 0 Å². The highest BCUT2D eigenvalue weighted by Gasteiger charge is 2.26. The lowest BCUT2D eigenvalue weighted by Gasteiger charge is -2.17. The van der Waals surface area contributed by atoms with E-state index in [1.54, 1.807) is 26.4 Å². The predicted octanol–water partition coefficient (Wildman–Crippen LogP) is -0.104. The van der Waals surface area contributed by atoms with E-state index < -0.39 is 12.0 Å². The minimum absolute atomic E-state index is 0.00276. The third-order valence-corrected chi connectivity index (χ3v) is 5.87. The van der Waals surface area contributed by atoms with Gasteiger partial charge in [-0.3, -0.25) is 4.99 Å². The van der Waals surface area contributed by atoms with Gasteiger partial charge in [0.25, 0.3) is 0 Å². The summed E-state index contributed by atoms with van der Waals surface area (Å²) in [4.78, 5) is 13.8. The number of aromatic hydroxyl groups is 2. The number of phenolic OH excluding ortho intramolecular Hbond substituents is 2. The second-order valence-corrected chi connectivity index (χ2v) is 8.28. The number of fused-ring (bicyclic) bond motifs is 4. The van der Waals surface area contributed by atoms with Crippen LogP contribution < -0.4 is 36.3 Å². The maximum absolute atomic E-state index is 10.1. The Balaban J connectivity index is 0.000000257. The second-order valence-electron chi connectivity index (χ2n) is 8.28. The Morgan fingerprint density at radius 1 is 1.17 bits per heavy atom. The summed E-state index contributed by atoms with van der Waals surface area (Å²) in [6, 6.07) is 8.29. The number of carbonyl (C=O) groups is 1. The van der Waals surface area contributed by atoms with Crippen molar-refractivity contribution >= 4 is 22.7 Å². The predicted molar refractivity (Wildman–Crippen MR) is 133 cm³/mol. The van der Waals surface area contributed by atoms with Crippen LogP contribution in [0.1, 0.15) is 18.4 Å². The fourth-order valence-electron chi connectivity index (χ4n) is 4.04. The monoisotopic (exact) mass is 497 g/mol. The standard InChI is InChI=1S/C19H17NO4.C6H14N4O2/c1-23-18-4-3-11-7-15-13-9-17(22)16(21)8-12(13)5-6-20(15)10-14(11)19(18)24-2;7-4(5(11)12)2-1-3-10-6(8)9/h3-4,7-10,22H,5-6H2,1-2H3;4H,1-3,7H2,(H,11,12)(H4,8,9,10). The summed E-state index contributed by atoms with van der Waals surface area (Å²) in [7, 11) is 3.26. The van der Waals surface area contributed by atoms with Gasteiger partial charge in [0, 0.05) is 25.1 Å². The molecule has 0 saturated heterocycles. The highest BCUT2D eigenvalue weighted by Crippen LogP contribution is 2.39. The highest BCUT2D eigenvalue weighted by molar-refractivity contribution is 5.91. The summed E-state index contributed by atoms with van der Waals surface area (Å²) in [5.74, 6) is -0.0188. The number of nitrogens with two attached hydrogens (primary N) is 3. The molecule has 1 aliphatic rings. The normalized spacial score (nSPS) is 12.4. The van der Waals surface area contributed by atoms with Crippen molar-refractivity contribution in [1.82, 2.24) is 0 Å². The average molecular weight is 498 g/mol. The van der Waals surface area contributed by atoms with Crippen LogP contribution in [0, 0.1) is 0 Å². The van der Waals surface area contributed by atoms with Gasteiger partial charge in [0.05, 0.1) is 31.1 Å². The molecule has 1 atom stereocenters. The van der Waals surface area contributed by atoms with E-state index in [1.807, 2.05) is 12.1 Å². The minimum Gasteiger partial charge on any atom is -0.548 e. The van der Waals surface area contributed by atoms with Crippen LogP contribution in [0.3, 0.4) is 0 Å². The third-order valence-electron chi connectivity index (χ3n) is 5.87. The smallest absolute Gasteiger partial charge is 0.213 e. The molecular weight excluding hydrogens is 466 g/mol. The molecule has 11 heteroatoms. The molecule has 11 nitrogen and oxygen atoms in total. The number of carboxylic acid groups (broad SMARTS) is 1. The van der Waals surface area contributed by atoms with Crippen LogP contribution >= 0.6 is 0 Å².